The summed E-state index contributed by atoms with van der Waals surface area (Å²) in [7, 11) is 0. The molecule has 1 saturated heterocycles. The number of nitrogens with two attached hydrogens (primary N) is 1. The standard InChI is InChI=1S/C25H28F2N6O/c1-4-20-22(16-5-6-21(28)29-13-16)24(31-14-30-20)17-11-18(26)23(19(27)12-17)25(34)33-9-7-32(8-10-33)15(2)3/h5-6,11-15H,4,7-10H2,1-3H3,(H2,28,29). The molecule has 1 amide bonds. The topological polar surface area (TPSA) is 88.2 Å². The fourth-order valence-corrected chi connectivity index (χ4v) is 4.28. The number of carbonyl (C=O) groups is 1. The Morgan fingerprint density at radius 3 is 2.26 bits per heavy atom. The summed E-state index contributed by atoms with van der Waals surface area (Å²) in [4.78, 5) is 29.5. The van der Waals surface area contributed by atoms with Gasteiger partial charge < -0.3 is 10.6 Å². The van der Waals surface area contributed by atoms with Crippen LogP contribution in [0.25, 0.3) is 22.4 Å². The van der Waals surface area contributed by atoms with Gasteiger partial charge in [-0.15, -0.1) is 0 Å². The maximum absolute atomic E-state index is 15.2. The van der Waals surface area contributed by atoms with Crippen molar-refractivity contribution in [3.05, 3.63) is 59.7 Å². The lowest BCUT2D eigenvalue weighted by Gasteiger charge is -2.37. The third-order valence-corrected chi connectivity index (χ3v) is 6.20. The normalized spacial score (nSPS) is 14.6. The molecule has 34 heavy (non-hydrogen) atoms. The van der Waals surface area contributed by atoms with Gasteiger partial charge in [0.05, 0.1) is 11.4 Å². The van der Waals surface area contributed by atoms with Crippen LogP contribution < -0.4 is 5.73 Å². The molecule has 7 nitrogen and oxygen atoms in total. The first-order valence-electron chi connectivity index (χ1n) is 11.4. The monoisotopic (exact) mass is 466 g/mol. The molecule has 1 aliphatic heterocycles. The van der Waals surface area contributed by atoms with E-state index in [1.165, 1.54) is 11.2 Å². The van der Waals surface area contributed by atoms with Gasteiger partial charge in [-0.25, -0.2) is 23.7 Å². The second-order valence-electron chi connectivity index (χ2n) is 8.61. The van der Waals surface area contributed by atoms with Gasteiger partial charge in [0.15, 0.2) is 0 Å². The summed E-state index contributed by atoms with van der Waals surface area (Å²) in [5, 5.41) is 0. The molecular weight excluding hydrogens is 438 g/mol. The van der Waals surface area contributed by atoms with Gasteiger partial charge in [-0.2, -0.15) is 0 Å². The van der Waals surface area contributed by atoms with Crippen molar-refractivity contribution in [2.45, 2.75) is 33.2 Å². The Kier molecular flexibility index (Phi) is 6.83. The summed E-state index contributed by atoms with van der Waals surface area (Å²) in [6, 6.07) is 6.10. The minimum Gasteiger partial charge on any atom is -0.384 e. The molecule has 1 aliphatic rings. The second-order valence-corrected chi connectivity index (χ2v) is 8.61. The van der Waals surface area contributed by atoms with Crippen LogP contribution in [-0.2, 0) is 6.42 Å². The van der Waals surface area contributed by atoms with Crippen molar-refractivity contribution in [2.75, 3.05) is 31.9 Å². The van der Waals surface area contributed by atoms with Gasteiger partial charge in [-0.3, -0.25) is 9.69 Å². The summed E-state index contributed by atoms with van der Waals surface area (Å²) in [5.41, 5.74) is 7.78. The van der Waals surface area contributed by atoms with Crippen molar-refractivity contribution in [2.24, 2.45) is 0 Å². The molecular formula is C25H28F2N6O. The lowest BCUT2D eigenvalue weighted by molar-refractivity contribution is 0.0586. The van der Waals surface area contributed by atoms with Gasteiger partial charge in [0, 0.05) is 55.1 Å². The van der Waals surface area contributed by atoms with Crippen molar-refractivity contribution in [1.82, 2.24) is 24.8 Å². The number of rotatable bonds is 5. The minimum atomic E-state index is -0.913. The number of halogens is 2. The van der Waals surface area contributed by atoms with Crippen LogP contribution in [-0.4, -0.2) is 62.9 Å². The average molecular weight is 467 g/mol. The highest BCUT2D eigenvalue weighted by atomic mass is 19.1. The predicted molar refractivity (Wildman–Crippen MR) is 127 cm³/mol. The number of aryl methyl sites for hydroxylation is 1. The van der Waals surface area contributed by atoms with Gasteiger partial charge in [0.2, 0.25) is 0 Å². The van der Waals surface area contributed by atoms with E-state index in [4.69, 9.17) is 5.73 Å². The molecule has 0 aliphatic carbocycles. The van der Waals surface area contributed by atoms with Gasteiger partial charge in [0.25, 0.3) is 5.91 Å². The molecule has 0 bridgehead atoms. The van der Waals surface area contributed by atoms with Crippen LogP contribution >= 0.6 is 0 Å². The maximum Gasteiger partial charge on any atom is 0.259 e. The molecule has 1 aromatic carbocycles. The summed E-state index contributed by atoms with van der Waals surface area (Å²) >= 11 is 0. The molecule has 0 saturated carbocycles. The number of carbonyl (C=O) groups excluding carboxylic acids is 1. The SMILES string of the molecule is CCc1ncnc(-c2cc(F)c(C(=O)N3CCN(C(C)C)CC3)c(F)c2)c1-c1ccc(N)nc1. The number of benzene rings is 1. The molecule has 2 aromatic heterocycles. The number of amides is 1. The van der Waals surface area contributed by atoms with Crippen molar-refractivity contribution in [3.8, 4) is 22.4 Å². The number of anilines is 1. The maximum atomic E-state index is 15.2. The number of piperazine rings is 1. The largest absolute Gasteiger partial charge is 0.384 e. The number of aromatic nitrogens is 3. The van der Waals surface area contributed by atoms with Crippen molar-refractivity contribution in [1.29, 1.82) is 0 Å². The van der Waals surface area contributed by atoms with Crippen LogP contribution in [0, 0.1) is 11.6 Å². The molecule has 4 rings (SSSR count). The number of hydrogen-bond acceptors (Lipinski definition) is 6. The number of nitrogens with zero attached hydrogens (tertiary/aromatic N) is 5. The minimum absolute atomic E-state index is 0.222. The first kappa shape index (κ1) is 23.7. The van der Waals surface area contributed by atoms with Crippen LogP contribution in [0.15, 0.2) is 36.8 Å². The van der Waals surface area contributed by atoms with Gasteiger partial charge >= 0.3 is 0 Å². The zero-order valence-electron chi connectivity index (χ0n) is 19.6. The molecule has 9 heteroatoms. The van der Waals surface area contributed by atoms with Crippen molar-refractivity contribution >= 4 is 11.7 Å². The number of hydrogen-bond donors (Lipinski definition) is 1. The van der Waals surface area contributed by atoms with Crippen LogP contribution in [0.4, 0.5) is 14.6 Å². The molecule has 0 atom stereocenters. The zero-order chi connectivity index (χ0) is 24.4. The molecule has 3 aromatic rings. The Morgan fingerprint density at radius 2 is 1.71 bits per heavy atom. The first-order valence-corrected chi connectivity index (χ1v) is 11.4. The molecule has 3 heterocycles. The lowest BCUT2D eigenvalue weighted by atomic mass is 9.96. The Bertz CT molecular complexity index is 1170. The second kappa shape index (κ2) is 9.80. The van der Waals surface area contributed by atoms with E-state index < -0.39 is 23.1 Å². The highest BCUT2D eigenvalue weighted by Gasteiger charge is 2.28. The van der Waals surface area contributed by atoms with E-state index in [9.17, 15) is 4.79 Å². The summed E-state index contributed by atoms with van der Waals surface area (Å²) in [5.74, 6) is -2.10. The summed E-state index contributed by atoms with van der Waals surface area (Å²) < 4.78 is 30.4. The Morgan fingerprint density at radius 1 is 1.03 bits per heavy atom. The predicted octanol–water partition coefficient (Wildman–Crippen LogP) is 3.79. The molecule has 1 fully saturated rings. The van der Waals surface area contributed by atoms with Crippen LogP contribution in [0.2, 0.25) is 0 Å². The highest BCUT2D eigenvalue weighted by molar-refractivity contribution is 5.96. The fourth-order valence-electron chi connectivity index (χ4n) is 4.28. The smallest absolute Gasteiger partial charge is 0.259 e. The molecule has 0 radical (unpaired) electrons. The van der Waals surface area contributed by atoms with Crippen LogP contribution in [0.3, 0.4) is 0 Å². The Balaban J connectivity index is 1.71. The van der Waals surface area contributed by atoms with E-state index in [2.05, 4.69) is 33.7 Å². The third kappa shape index (κ3) is 4.61. The van der Waals surface area contributed by atoms with Crippen LogP contribution in [0.5, 0.6) is 0 Å². The summed E-state index contributed by atoms with van der Waals surface area (Å²) in [6.45, 7) is 8.30. The van der Waals surface area contributed by atoms with Gasteiger partial charge in [-0.1, -0.05) is 6.92 Å². The average Bonchev–Trinajstić information content (AvgIpc) is 2.83. The van der Waals surface area contributed by atoms with Crippen LogP contribution in [0.1, 0.15) is 36.8 Å². The molecule has 0 unspecified atom stereocenters. The number of pyridine rings is 1. The van der Waals surface area contributed by atoms with E-state index in [1.54, 1.807) is 18.3 Å². The van der Waals surface area contributed by atoms with Gasteiger partial charge in [-0.05, 0) is 44.5 Å². The van der Waals surface area contributed by atoms with Crippen molar-refractivity contribution in [3.63, 3.8) is 0 Å². The van der Waals surface area contributed by atoms with E-state index in [0.717, 1.165) is 12.1 Å². The number of nitrogen functional groups attached to an aromatic ring is 1. The fraction of sp³-hybridized carbons (Fsp3) is 0.360. The van der Waals surface area contributed by atoms with Crippen molar-refractivity contribution < 1.29 is 13.6 Å². The van der Waals surface area contributed by atoms with E-state index >= 15 is 8.78 Å². The van der Waals surface area contributed by atoms with Gasteiger partial charge in [0.1, 0.15) is 29.3 Å². The van der Waals surface area contributed by atoms with E-state index in [0.29, 0.717) is 67.0 Å². The first-order chi connectivity index (χ1) is 16.3. The lowest BCUT2D eigenvalue weighted by Crippen LogP contribution is -2.51. The summed E-state index contributed by atoms with van der Waals surface area (Å²) in [6.07, 6.45) is 3.53. The Labute approximate surface area is 197 Å². The zero-order valence-corrected chi connectivity index (χ0v) is 19.6. The van der Waals surface area contributed by atoms with E-state index in [-0.39, 0.29) is 5.56 Å². The molecule has 2 N–H and O–H groups in total. The Hall–Kier alpha value is -3.46. The molecule has 178 valence electrons. The quantitative estimate of drug-likeness (QED) is 0.616. The molecule has 0 spiro atoms. The highest BCUT2D eigenvalue weighted by Crippen LogP contribution is 2.34. The van der Waals surface area contributed by atoms with E-state index in [1.807, 2.05) is 6.92 Å². The third-order valence-electron chi connectivity index (χ3n) is 6.20.